The molecular formula is C19H39O5P. The van der Waals surface area contributed by atoms with Gasteiger partial charge in [0.2, 0.25) is 0 Å². The van der Waals surface area contributed by atoms with E-state index in [9.17, 15) is 9.36 Å². The summed E-state index contributed by atoms with van der Waals surface area (Å²) in [6.07, 6.45) is 12.3. The van der Waals surface area contributed by atoms with Crippen LogP contribution in [0.4, 0.5) is 0 Å². The Labute approximate surface area is 154 Å². The summed E-state index contributed by atoms with van der Waals surface area (Å²) in [6, 6.07) is 0. The lowest BCUT2D eigenvalue weighted by Gasteiger charge is -2.22. The van der Waals surface area contributed by atoms with E-state index in [1.54, 1.807) is 20.8 Å². The first kappa shape index (κ1) is 24.6. The summed E-state index contributed by atoms with van der Waals surface area (Å²) in [4.78, 5) is 12.0. The van der Waals surface area contributed by atoms with Gasteiger partial charge in [-0.2, -0.15) is 0 Å². The second-order valence-electron chi connectivity index (χ2n) is 6.40. The number of hydrogen-bond acceptors (Lipinski definition) is 5. The third-order valence-electron chi connectivity index (χ3n) is 4.18. The second kappa shape index (κ2) is 15.8. The number of unbranched alkanes of at least 4 members (excludes halogenated alkanes) is 9. The smallest absolute Gasteiger partial charge is 0.344 e. The molecule has 0 aliphatic heterocycles. The van der Waals surface area contributed by atoms with Gasteiger partial charge in [0, 0.05) is 0 Å². The molecule has 0 aliphatic rings. The summed E-state index contributed by atoms with van der Waals surface area (Å²) in [5.74, 6) is -0.499. The van der Waals surface area contributed by atoms with Gasteiger partial charge in [-0.25, -0.2) is 0 Å². The molecule has 0 fully saturated rings. The van der Waals surface area contributed by atoms with Gasteiger partial charge in [0.1, 0.15) is 0 Å². The topological polar surface area (TPSA) is 61.8 Å². The molecule has 0 bridgehead atoms. The van der Waals surface area contributed by atoms with Gasteiger partial charge >= 0.3 is 13.6 Å². The zero-order valence-electron chi connectivity index (χ0n) is 16.8. The highest BCUT2D eigenvalue weighted by Crippen LogP contribution is 2.53. The Morgan fingerprint density at radius 2 is 1.24 bits per heavy atom. The first-order chi connectivity index (χ1) is 12.0. The van der Waals surface area contributed by atoms with Crippen molar-refractivity contribution in [2.24, 2.45) is 0 Å². The number of hydrogen-bond donors (Lipinski definition) is 0. The van der Waals surface area contributed by atoms with Crippen molar-refractivity contribution in [3.8, 4) is 0 Å². The quantitative estimate of drug-likeness (QED) is 0.174. The van der Waals surface area contributed by atoms with Crippen molar-refractivity contribution < 1.29 is 23.1 Å². The average Bonchev–Trinajstić information content (AvgIpc) is 2.59. The van der Waals surface area contributed by atoms with Gasteiger partial charge in [0.25, 0.3) is 0 Å². The number of carbonyl (C=O) groups excluding carboxylic acids is 1. The molecule has 0 aromatic rings. The predicted molar refractivity (Wildman–Crippen MR) is 103 cm³/mol. The zero-order valence-corrected chi connectivity index (χ0v) is 17.7. The predicted octanol–water partition coefficient (Wildman–Crippen LogP) is 6.11. The molecule has 1 atom stereocenters. The minimum atomic E-state index is -3.42. The fraction of sp³-hybridized carbons (Fsp3) is 0.947. The molecule has 0 saturated heterocycles. The van der Waals surface area contributed by atoms with E-state index in [-0.39, 0.29) is 13.2 Å². The summed E-state index contributed by atoms with van der Waals surface area (Å²) < 4.78 is 28.1. The Bertz CT molecular complexity index is 363. The van der Waals surface area contributed by atoms with Gasteiger partial charge in [0.05, 0.1) is 19.8 Å². The van der Waals surface area contributed by atoms with Gasteiger partial charge in [0.15, 0.2) is 5.66 Å². The summed E-state index contributed by atoms with van der Waals surface area (Å²) >= 11 is 0. The largest absolute Gasteiger partial charge is 0.465 e. The van der Waals surface area contributed by atoms with Crippen LogP contribution < -0.4 is 0 Å². The monoisotopic (exact) mass is 378 g/mol. The Balaban J connectivity index is 3.76. The highest BCUT2D eigenvalue weighted by Gasteiger charge is 2.38. The molecule has 0 amide bonds. The van der Waals surface area contributed by atoms with E-state index in [0.717, 1.165) is 12.8 Å². The van der Waals surface area contributed by atoms with Crippen LogP contribution in [0.1, 0.15) is 91.9 Å². The Kier molecular flexibility index (Phi) is 15.6. The van der Waals surface area contributed by atoms with Gasteiger partial charge in [-0.3, -0.25) is 9.36 Å². The van der Waals surface area contributed by atoms with E-state index in [0.29, 0.717) is 6.61 Å². The van der Waals surface area contributed by atoms with Gasteiger partial charge in [-0.15, -0.1) is 0 Å². The van der Waals surface area contributed by atoms with Crippen LogP contribution in [0.2, 0.25) is 0 Å². The third-order valence-corrected chi connectivity index (χ3v) is 6.57. The van der Waals surface area contributed by atoms with Crippen molar-refractivity contribution in [3.63, 3.8) is 0 Å². The fourth-order valence-electron chi connectivity index (χ4n) is 2.63. The van der Waals surface area contributed by atoms with Crippen LogP contribution in [0.15, 0.2) is 0 Å². The maximum atomic E-state index is 12.5. The van der Waals surface area contributed by atoms with Crippen LogP contribution in [-0.4, -0.2) is 31.4 Å². The molecule has 25 heavy (non-hydrogen) atoms. The Morgan fingerprint density at radius 1 is 0.800 bits per heavy atom. The summed E-state index contributed by atoms with van der Waals surface area (Å²) in [6.45, 7) is 8.10. The number of esters is 1. The lowest BCUT2D eigenvalue weighted by atomic mass is 10.1. The van der Waals surface area contributed by atoms with Crippen LogP contribution in [0.3, 0.4) is 0 Å². The molecule has 0 aliphatic carbocycles. The SMILES string of the molecule is CCCCCCCCCCCCOC(=O)C(C)P(=O)(OCC)OCC. The minimum absolute atomic E-state index is 0.243. The molecule has 0 spiro atoms. The summed E-state index contributed by atoms with van der Waals surface area (Å²) in [7, 11) is -3.42. The molecule has 0 saturated carbocycles. The molecule has 5 nitrogen and oxygen atoms in total. The molecule has 0 radical (unpaired) electrons. The number of carbonyl (C=O) groups is 1. The summed E-state index contributed by atoms with van der Waals surface area (Å²) in [5.41, 5.74) is -0.879. The van der Waals surface area contributed by atoms with Crippen LogP contribution >= 0.6 is 7.60 Å². The van der Waals surface area contributed by atoms with Crippen LogP contribution in [-0.2, 0) is 23.1 Å². The summed E-state index contributed by atoms with van der Waals surface area (Å²) in [5, 5.41) is 0. The Morgan fingerprint density at radius 3 is 1.68 bits per heavy atom. The Hall–Kier alpha value is -0.380. The van der Waals surface area contributed by atoms with Crippen LogP contribution in [0.5, 0.6) is 0 Å². The maximum absolute atomic E-state index is 12.5. The molecule has 0 heterocycles. The van der Waals surface area contributed by atoms with E-state index in [1.165, 1.54) is 51.4 Å². The van der Waals surface area contributed by atoms with E-state index >= 15 is 0 Å². The second-order valence-corrected chi connectivity index (χ2v) is 8.77. The fourth-order valence-corrected chi connectivity index (χ4v) is 4.21. The highest BCUT2D eigenvalue weighted by molar-refractivity contribution is 7.55. The molecule has 0 rings (SSSR count). The van der Waals surface area contributed by atoms with E-state index < -0.39 is 19.2 Å². The van der Waals surface area contributed by atoms with Crippen molar-refractivity contribution in [1.82, 2.24) is 0 Å². The lowest BCUT2D eigenvalue weighted by Crippen LogP contribution is -2.23. The van der Waals surface area contributed by atoms with Crippen LogP contribution in [0, 0.1) is 0 Å². The average molecular weight is 378 g/mol. The number of ether oxygens (including phenoxy) is 1. The lowest BCUT2D eigenvalue weighted by molar-refractivity contribution is -0.143. The molecule has 0 N–H and O–H groups in total. The maximum Gasteiger partial charge on any atom is 0.344 e. The van der Waals surface area contributed by atoms with Crippen molar-refractivity contribution in [2.75, 3.05) is 19.8 Å². The van der Waals surface area contributed by atoms with Gasteiger partial charge in [-0.05, 0) is 27.2 Å². The molecular weight excluding hydrogens is 339 g/mol. The standard InChI is InChI=1S/C19H39O5P/c1-5-8-9-10-11-12-13-14-15-16-17-22-19(20)18(4)25(21,23-6-2)24-7-3/h18H,5-17H2,1-4H3. The van der Waals surface area contributed by atoms with Crippen molar-refractivity contribution in [1.29, 1.82) is 0 Å². The van der Waals surface area contributed by atoms with Gasteiger partial charge < -0.3 is 13.8 Å². The minimum Gasteiger partial charge on any atom is -0.465 e. The highest BCUT2D eigenvalue weighted by atomic mass is 31.2. The van der Waals surface area contributed by atoms with Crippen LogP contribution in [0.25, 0.3) is 0 Å². The van der Waals surface area contributed by atoms with Crippen molar-refractivity contribution in [2.45, 2.75) is 97.6 Å². The number of rotatable bonds is 17. The van der Waals surface area contributed by atoms with Crippen molar-refractivity contribution >= 4 is 13.6 Å². The van der Waals surface area contributed by atoms with E-state index in [4.69, 9.17) is 13.8 Å². The molecule has 1 unspecified atom stereocenters. The normalized spacial score (nSPS) is 13.0. The first-order valence-electron chi connectivity index (χ1n) is 10.1. The van der Waals surface area contributed by atoms with E-state index in [1.807, 2.05) is 0 Å². The molecule has 150 valence electrons. The first-order valence-corrected chi connectivity index (χ1v) is 11.7. The van der Waals surface area contributed by atoms with Crippen molar-refractivity contribution in [3.05, 3.63) is 0 Å². The molecule has 6 heteroatoms. The molecule has 0 aromatic heterocycles. The van der Waals surface area contributed by atoms with Gasteiger partial charge in [-0.1, -0.05) is 64.7 Å². The van der Waals surface area contributed by atoms with E-state index in [2.05, 4.69) is 6.92 Å². The molecule has 0 aromatic carbocycles. The third kappa shape index (κ3) is 11.8. The zero-order chi connectivity index (χ0) is 19.0.